The lowest BCUT2D eigenvalue weighted by molar-refractivity contribution is -0.146. The minimum absolute atomic E-state index is 0.523. The topological polar surface area (TPSA) is 57.5 Å². The first kappa shape index (κ1) is 11.4. The van der Waals surface area contributed by atoms with Crippen LogP contribution in [0.1, 0.15) is 11.0 Å². The molecule has 0 saturated carbocycles. The van der Waals surface area contributed by atoms with E-state index in [2.05, 4.69) is 19.6 Å². The van der Waals surface area contributed by atoms with Gasteiger partial charge in [0.25, 0.3) is 0 Å². The molecule has 0 aliphatic rings. The number of rotatable bonds is 3. The first-order chi connectivity index (χ1) is 6.32. The Balaban J connectivity index is 2.94. The van der Waals surface area contributed by atoms with Crippen LogP contribution >= 0.6 is 11.3 Å². The lowest BCUT2D eigenvalue weighted by Gasteiger charge is -2.12. The maximum Gasteiger partial charge on any atom is 0.338 e. The highest BCUT2D eigenvalue weighted by atomic mass is 32.1. The normalized spacial score (nSPS) is 14.0. The van der Waals surface area contributed by atoms with Gasteiger partial charge in [-0.05, 0) is 10.6 Å². The van der Waals surface area contributed by atoms with E-state index in [4.69, 9.17) is 5.11 Å². The van der Waals surface area contributed by atoms with Crippen molar-refractivity contribution in [1.82, 2.24) is 0 Å². The molecule has 0 radical (unpaired) electrons. The zero-order valence-electron chi connectivity index (χ0n) is 8.44. The van der Waals surface area contributed by atoms with Crippen LogP contribution in [-0.2, 0) is 4.79 Å². The Labute approximate surface area is 88.0 Å². The molecule has 3 nitrogen and oxygen atoms in total. The highest BCUT2D eigenvalue weighted by Crippen LogP contribution is 2.20. The van der Waals surface area contributed by atoms with Gasteiger partial charge in [-0.15, -0.1) is 11.3 Å². The molecule has 78 valence electrons. The van der Waals surface area contributed by atoms with E-state index in [1.807, 2.05) is 6.07 Å². The number of aliphatic hydroxyl groups excluding tert-OH is 1. The lowest BCUT2D eigenvalue weighted by Crippen LogP contribution is -2.34. The summed E-state index contributed by atoms with van der Waals surface area (Å²) in [6.07, 6.45) is -1.37. The highest BCUT2D eigenvalue weighted by Gasteiger charge is 2.23. The van der Waals surface area contributed by atoms with E-state index in [0.717, 1.165) is 0 Å². The van der Waals surface area contributed by atoms with E-state index >= 15 is 0 Å². The SMILES string of the molecule is C[Si](C)(C)c1ccc(C(O)C(=O)O)s1. The van der Waals surface area contributed by atoms with Crippen molar-refractivity contribution in [3.05, 3.63) is 17.0 Å². The summed E-state index contributed by atoms with van der Waals surface area (Å²) in [6.45, 7) is 6.57. The molecule has 5 heteroatoms. The average Bonchev–Trinajstić information content (AvgIpc) is 2.49. The lowest BCUT2D eigenvalue weighted by atomic mass is 10.3. The summed E-state index contributed by atoms with van der Waals surface area (Å²) < 4.78 is 1.22. The van der Waals surface area contributed by atoms with Gasteiger partial charge >= 0.3 is 5.97 Å². The number of hydrogen-bond acceptors (Lipinski definition) is 3. The van der Waals surface area contributed by atoms with Crippen molar-refractivity contribution in [2.75, 3.05) is 0 Å². The van der Waals surface area contributed by atoms with E-state index in [1.165, 1.54) is 15.8 Å². The second-order valence-corrected chi connectivity index (χ2v) is 10.7. The third kappa shape index (κ3) is 2.43. The maximum absolute atomic E-state index is 10.5. The Morgan fingerprint density at radius 1 is 1.43 bits per heavy atom. The van der Waals surface area contributed by atoms with Crippen molar-refractivity contribution < 1.29 is 15.0 Å². The van der Waals surface area contributed by atoms with E-state index in [-0.39, 0.29) is 0 Å². The summed E-state index contributed by atoms with van der Waals surface area (Å²) in [7, 11) is -1.38. The van der Waals surface area contributed by atoms with Crippen LogP contribution < -0.4 is 4.50 Å². The number of hydrogen-bond donors (Lipinski definition) is 2. The van der Waals surface area contributed by atoms with Gasteiger partial charge in [0.1, 0.15) is 0 Å². The first-order valence-corrected chi connectivity index (χ1v) is 8.65. The molecule has 1 rings (SSSR count). The highest BCUT2D eigenvalue weighted by molar-refractivity contribution is 7.26. The molecular weight excluding hydrogens is 216 g/mol. The zero-order valence-corrected chi connectivity index (χ0v) is 10.3. The Morgan fingerprint density at radius 3 is 2.36 bits per heavy atom. The van der Waals surface area contributed by atoms with Gasteiger partial charge in [-0.25, -0.2) is 4.79 Å². The van der Waals surface area contributed by atoms with Gasteiger partial charge in [-0.1, -0.05) is 25.7 Å². The van der Waals surface area contributed by atoms with Crippen molar-refractivity contribution in [2.24, 2.45) is 0 Å². The molecule has 1 aromatic rings. The molecule has 0 fully saturated rings. The van der Waals surface area contributed by atoms with Crippen molar-refractivity contribution in [1.29, 1.82) is 0 Å². The van der Waals surface area contributed by atoms with Gasteiger partial charge in [0.05, 0.1) is 8.07 Å². The Kier molecular flexibility index (Phi) is 3.13. The van der Waals surface area contributed by atoms with Gasteiger partial charge in [0, 0.05) is 4.88 Å². The monoisotopic (exact) mass is 230 g/mol. The van der Waals surface area contributed by atoms with Crippen LogP contribution in [0.4, 0.5) is 0 Å². The van der Waals surface area contributed by atoms with E-state index in [9.17, 15) is 9.90 Å². The fraction of sp³-hybridized carbons (Fsp3) is 0.444. The fourth-order valence-corrected chi connectivity index (χ4v) is 3.92. The number of carbonyl (C=O) groups is 1. The second-order valence-electron chi connectivity index (χ2n) is 4.19. The van der Waals surface area contributed by atoms with Gasteiger partial charge in [0.2, 0.25) is 0 Å². The summed E-state index contributed by atoms with van der Waals surface area (Å²) in [5.41, 5.74) is 0. The minimum atomic E-state index is -1.38. The van der Waals surface area contributed by atoms with Crippen LogP contribution in [0.15, 0.2) is 12.1 Å². The second kappa shape index (κ2) is 3.84. The zero-order chi connectivity index (χ0) is 10.9. The van der Waals surface area contributed by atoms with Crippen LogP contribution in [-0.4, -0.2) is 24.3 Å². The van der Waals surface area contributed by atoms with Crippen molar-refractivity contribution >= 4 is 29.9 Å². The summed E-state index contributed by atoms with van der Waals surface area (Å²) in [6, 6.07) is 3.63. The minimum Gasteiger partial charge on any atom is -0.479 e. The summed E-state index contributed by atoms with van der Waals surface area (Å²) in [5, 5.41) is 17.9. The standard InChI is InChI=1S/C9H14O3SSi/c1-14(2,3)7-5-4-6(13-7)8(10)9(11)12/h4-5,8,10H,1-3H3,(H,11,12). The number of carboxylic acids is 1. The molecule has 1 heterocycles. The van der Waals surface area contributed by atoms with Crippen LogP contribution in [0, 0.1) is 0 Å². The van der Waals surface area contributed by atoms with E-state index in [1.54, 1.807) is 6.07 Å². The van der Waals surface area contributed by atoms with Crippen molar-refractivity contribution in [2.45, 2.75) is 25.7 Å². The smallest absolute Gasteiger partial charge is 0.338 e. The van der Waals surface area contributed by atoms with Gasteiger partial charge in [0.15, 0.2) is 6.10 Å². The first-order valence-electron chi connectivity index (χ1n) is 4.33. The molecule has 14 heavy (non-hydrogen) atoms. The summed E-state index contributed by atoms with van der Waals surface area (Å²) >= 11 is 1.41. The Bertz CT molecular complexity index is 340. The van der Waals surface area contributed by atoms with Crippen LogP contribution in [0.2, 0.25) is 19.6 Å². The molecule has 1 unspecified atom stereocenters. The molecule has 1 atom stereocenters. The van der Waals surface area contributed by atoms with Crippen LogP contribution in [0.5, 0.6) is 0 Å². The molecular formula is C9H14O3SSi. The van der Waals surface area contributed by atoms with Crippen molar-refractivity contribution in [3.63, 3.8) is 0 Å². The van der Waals surface area contributed by atoms with Gasteiger partial charge < -0.3 is 10.2 Å². The number of thiophene rings is 1. The van der Waals surface area contributed by atoms with Gasteiger partial charge in [-0.3, -0.25) is 0 Å². The Hall–Kier alpha value is -0.653. The van der Waals surface area contributed by atoms with Crippen LogP contribution in [0.25, 0.3) is 0 Å². The molecule has 1 aromatic heterocycles. The predicted molar refractivity (Wildman–Crippen MR) is 59.9 cm³/mol. The molecule has 0 aliphatic heterocycles. The average molecular weight is 230 g/mol. The van der Waals surface area contributed by atoms with E-state index in [0.29, 0.717) is 4.88 Å². The molecule has 0 bridgehead atoms. The van der Waals surface area contributed by atoms with Crippen molar-refractivity contribution in [3.8, 4) is 0 Å². The predicted octanol–water partition coefficient (Wildman–Crippen LogP) is 1.41. The van der Waals surface area contributed by atoms with E-state index < -0.39 is 20.1 Å². The van der Waals surface area contributed by atoms with Crippen LogP contribution in [0.3, 0.4) is 0 Å². The molecule has 0 aromatic carbocycles. The largest absolute Gasteiger partial charge is 0.479 e. The maximum atomic E-state index is 10.5. The Morgan fingerprint density at radius 2 is 2.00 bits per heavy atom. The number of aliphatic carboxylic acids is 1. The number of aliphatic hydroxyl groups is 1. The number of carboxylic acid groups (broad SMARTS) is 1. The quantitative estimate of drug-likeness (QED) is 0.772. The fourth-order valence-electron chi connectivity index (χ4n) is 1.02. The third-order valence-corrected chi connectivity index (χ3v) is 6.61. The summed E-state index contributed by atoms with van der Waals surface area (Å²) in [4.78, 5) is 11.0. The molecule has 0 amide bonds. The summed E-state index contributed by atoms with van der Waals surface area (Å²) in [5.74, 6) is -1.19. The molecule has 0 spiro atoms. The molecule has 0 aliphatic carbocycles. The van der Waals surface area contributed by atoms with Gasteiger partial charge in [-0.2, -0.15) is 0 Å². The molecule has 2 N–H and O–H groups in total. The third-order valence-electron chi connectivity index (χ3n) is 1.87. The molecule has 0 saturated heterocycles.